The van der Waals surface area contributed by atoms with Gasteiger partial charge in [0.25, 0.3) is 0 Å². The average molecular weight is 188 g/mol. The highest BCUT2D eigenvalue weighted by Crippen LogP contribution is 1.90. The van der Waals surface area contributed by atoms with Crippen LogP contribution in [0, 0.1) is 0 Å². The number of carboxylic acid groups (broad SMARTS) is 1. The number of rotatable bonds is 7. The molecule has 0 saturated heterocycles. The highest BCUT2D eigenvalue weighted by atomic mass is 16.4. The summed E-state index contributed by atoms with van der Waals surface area (Å²) in [5.41, 5.74) is 0. The molecule has 0 radical (unpaired) electrons. The molecule has 0 fully saturated rings. The molecule has 2 N–H and O–H groups in total. The fourth-order valence-corrected chi connectivity index (χ4v) is 0.994. The van der Waals surface area contributed by atoms with E-state index in [9.17, 15) is 4.79 Å². The lowest BCUT2D eigenvalue weighted by molar-refractivity contribution is -0.139. The topological polar surface area (TPSA) is 52.6 Å². The van der Waals surface area contributed by atoms with Crippen LogP contribution in [0.3, 0.4) is 0 Å². The zero-order valence-corrected chi connectivity index (χ0v) is 8.71. The summed E-state index contributed by atoms with van der Waals surface area (Å²) in [5.74, 6) is -0.762. The zero-order chi connectivity index (χ0) is 10.3. The van der Waals surface area contributed by atoms with Gasteiger partial charge in [0.1, 0.15) is 6.04 Å². The minimum Gasteiger partial charge on any atom is -0.480 e. The Hall–Kier alpha value is -0.610. The summed E-state index contributed by atoms with van der Waals surface area (Å²) in [6.45, 7) is 6.56. The summed E-state index contributed by atoms with van der Waals surface area (Å²) in [5, 5.41) is 11.7. The van der Waals surface area contributed by atoms with Gasteiger partial charge in [-0.25, -0.2) is 0 Å². The summed E-state index contributed by atoms with van der Waals surface area (Å²) >= 11 is 0. The first-order chi connectivity index (χ1) is 6.11. The number of carbonyl (C=O) groups is 1. The first-order valence-corrected chi connectivity index (χ1v) is 4.76. The Labute approximate surface area is 79.9 Å². The molecule has 0 aliphatic carbocycles. The van der Waals surface area contributed by atoms with Gasteiger partial charge in [-0.2, -0.15) is 0 Å². The van der Waals surface area contributed by atoms with Gasteiger partial charge in [-0.3, -0.25) is 4.79 Å². The molecule has 0 aromatic carbocycles. The van der Waals surface area contributed by atoms with E-state index in [2.05, 4.69) is 17.1 Å². The second-order valence-corrected chi connectivity index (χ2v) is 3.15. The molecule has 1 atom stereocenters. The van der Waals surface area contributed by atoms with Crippen molar-refractivity contribution < 1.29 is 9.90 Å². The van der Waals surface area contributed by atoms with Crippen LogP contribution in [0.4, 0.5) is 0 Å². The maximum Gasteiger partial charge on any atom is 0.320 e. The Morgan fingerprint density at radius 2 is 2.15 bits per heavy atom. The van der Waals surface area contributed by atoms with Crippen molar-refractivity contribution in [1.29, 1.82) is 0 Å². The van der Waals surface area contributed by atoms with Gasteiger partial charge in [-0.1, -0.05) is 13.8 Å². The van der Waals surface area contributed by atoms with E-state index in [0.29, 0.717) is 6.42 Å². The van der Waals surface area contributed by atoms with Gasteiger partial charge in [0.2, 0.25) is 0 Å². The van der Waals surface area contributed by atoms with Crippen LogP contribution in [0.15, 0.2) is 0 Å². The summed E-state index contributed by atoms with van der Waals surface area (Å²) in [6.07, 6.45) is 0.630. The third-order valence-electron chi connectivity index (χ3n) is 2.13. The van der Waals surface area contributed by atoms with Crippen molar-refractivity contribution in [3.63, 3.8) is 0 Å². The lowest BCUT2D eigenvalue weighted by atomic mass is 10.2. The third-order valence-corrected chi connectivity index (χ3v) is 2.13. The van der Waals surface area contributed by atoms with Crippen LogP contribution in [0.5, 0.6) is 0 Å². The summed E-state index contributed by atoms with van der Waals surface area (Å²) in [4.78, 5) is 12.7. The van der Waals surface area contributed by atoms with E-state index >= 15 is 0 Å². The molecule has 0 rings (SSSR count). The molecule has 78 valence electrons. The Morgan fingerprint density at radius 3 is 2.54 bits per heavy atom. The number of carboxylic acids is 1. The summed E-state index contributed by atoms with van der Waals surface area (Å²) in [6, 6.07) is -0.398. The second-order valence-electron chi connectivity index (χ2n) is 3.15. The molecule has 0 saturated carbocycles. The van der Waals surface area contributed by atoms with Gasteiger partial charge in [-0.15, -0.1) is 0 Å². The van der Waals surface area contributed by atoms with Crippen molar-refractivity contribution >= 4 is 5.97 Å². The van der Waals surface area contributed by atoms with Crippen molar-refractivity contribution in [2.24, 2.45) is 0 Å². The van der Waals surface area contributed by atoms with Crippen LogP contribution in [0.2, 0.25) is 0 Å². The van der Waals surface area contributed by atoms with Gasteiger partial charge >= 0.3 is 5.97 Å². The lowest BCUT2D eigenvalue weighted by Crippen LogP contribution is -2.40. The van der Waals surface area contributed by atoms with E-state index in [4.69, 9.17) is 5.11 Å². The van der Waals surface area contributed by atoms with Crippen molar-refractivity contribution in [3.05, 3.63) is 0 Å². The number of likely N-dealkylation sites (N-methyl/N-ethyl adjacent to an activating group) is 1. The monoisotopic (exact) mass is 188 g/mol. The van der Waals surface area contributed by atoms with E-state index in [0.717, 1.165) is 19.6 Å². The van der Waals surface area contributed by atoms with Gasteiger partial charge in [0, 0.05) is 13.1 Å². The molecule has 1 unspecified atom stereocenters. The number of nitrogens with zero attached hydrogens (tertiary/aromatic N) is 1. The molecule has 13 heavy (non-hydrogen) atoms. The number of hydrogen-bond donors (Lipinski definition) is 2. The SMILES string of the molecule is CCC(NCCN(C)CC)C(=O)O. The van der Waals surface area contributed by atoms with E-state index in [1.165, 1.54) is 0 Å². The third kappa shape index (κ3) is 5.60. The van der Waals surface area contributed by atoms with Crippen molar-refractivity contribution in [1.82, 2.24) is 10.2 Å². The molecule has 0 amide bonds. The molecule has 0 aliphatic heterocycles. The van der Waals surface area contributed by atoms with Gasteiger partial charge in [0.05, 0.1) is 0 Å². The molecule has 0 spiro atoms. The van der Waals surface area contributed by atoms with E-state index in [1.54, 1.807) is 0 Å². The van der Waals surface area contributed by atoms with Crippen molar-refractivity contribution in [2.75, 3.05) is 26.7 Å². The fraction of sp³-hybridized carbons (Fsp3) is 0.889. The van der Waals surface area contributed by atoms with Crippen LogP contribution >= 0.6 is 0 Å². The Bertz CT molecular complexity index is 151. The van der Waals surface area contributed by atoms with Gasteiger partial charge in [0.15, 0.2) is 0 Å². The van der Waals surface area contributed by atoms with Crippen LogP contribution in [-0.4, -0.2) is 48.7 Å². The molecule has 0 bridgehead atoms. The minimum atomic E-state index is -0.762. The molecule has 4 nitrogen and oxygen atoms in total. The summed E-state index contributed by atoms with van der Waals surface area (Å²) in [7, 11) is 2.02. The van der Waals surface area contributed by atoms with Crippen LogP contribution in [0.25, 0.3) is 0 Å². The van der Waals surface area contributed by atoms with Crippen LogP contribution in [0.1, 0.15) is 20.3 Å². The largest absolute Gasteiger partial charge is 0.480 e. The van der Waals surface area contributed by atoms with Gasteiger partial charge in [-0.05, 0) is 20.0 Å². The second kappa shape index (κ2) is 6.86. The first-order valence-electron chi connectivity index (χ1n) is 4.76. The van der Waals surface area contributed by atoms with Crippen LogP contribution in [-0.2, 0) is 4.79 Å². The van der Waals surface area contributed by atoms with E-state index in [1.807, 2.05) is 14.0 Å². The maximum atomic E-state index is 10.6. The molecule has 0 heterocycles. The first kappa shape index (κ1) is 12.4. The molecule has 0 aromatic rings. The zero-order valence-electron chi connectivity index (χ0n) is 8.71. The standard InChI is InChI=1S/C9H20N2O2/c1-4-8(9(12)13)10-6-7-11(3)5-2/h8,10H,4-7H2,1-3H3,(H,12,13). The maximum absolute atomic E-state index is 10.6. The Morgan fingerprint density at radius 1 is 1.54 bits per heavy atom. The smallest absolute Gasteiger partial charge is 0.320 e. The number of hydrogen-bond acceptors (Lipinski definition) is 3. The predicted octanol–water partition coefficient (Wildman–Crippen LogP) is 0.391. The predicted molar refractivity (Wildman–Crippen MR) is 52.9 cm³/mol. The van der Waals surface area contributed by atoms with Crippen molar-refractivity contribution in [2.45, 2.75) is 26.3 Å². The summed E-state index contributed by atoms with van der Waals surface area (Å²) < 4.78 is 0. The highest BCUT2D eigenvalue weighted by molar-refractivity contribution is 5.73. The van der Waals surface area contributed by atoms with Crippen LogP contribution < -0.4 is 5.32 Å². The molecule has 4 heteroatoms. The highest BCUT2D eigenvalue weighted by Gasteiger charge is 2.12. The normalized spacial score (nSPS) is 13.2. The number of aliphatic carboxylic acids is 1. The molecule has 0 aromatic heterocycles. The fourth-order valence-electron chi connectivity index (χ4n) is 0.994. The molecule has 0 aliphatic rings. The lowest BCUT2D eigenvalue weighted by Gasteiger charge is -2.16. The Kier molecular flexibility index (Phi) is 6.54. The molecular weight excluding hydrogens is 168 g/mol. The van der Waals surface area contributed by atoms with E-state index in [-0.39, 0.29) is 0 Å². The quantitative estimate of drug-likeness (QED) is 0.607. The van der Waals surface area contributed by atoms with E-state index < -0.39 is 12.0 Å². The minimum absolute atomic E-state index is 0.398. The average Bonchev–Trinajstić information content (AvgIpc) is 2.11. The molecular formula is C9H20N2O2. The van der Waals surface area contributed by atoms with Gasteiger partial charge < -0.3 is 15.3 Å². The number of nitrogens with one attached hydrogen (secondary N) is 1. The Balaban J connectivity index is 3.55. The van der Waals surface area contributed by atoms with Crippen molar-refractivity contribution in [3.8, 4) is 0 Å².